The van der Waals surface area contributed by atoms with Gasteiger partial charge in [0.1, 0.15) is 17.0 Å². The van der Waals surface area contributed by atoms with Gasteiger partial charge in [-0.05, 0) is 62.1 Å². The van der Waals surface area contributed by atoms with Crippen LogP contribution < -0.4 is 21.7 Å². The highest BCUT2D eigenvalue weighted by Gasteiger charge is 2.42. The van der Waals surface area contributed by atoms with Crippen LogP contribution in [0.4, 0.5) is 11.4 Å². The van der Waals surface area contributed by atoms with Gasteiger partial charge in [0.2, 0.25) is 11.9 Å². The number of aromatic hydroxyl groups is 1. The molecule has 10 nitrogen and oxygen atoms in total. The Morgan fingerprint density at radius 3 is 2.53 bits per heavy atom. The predicted octanol–water partition coefficient (Wildman–Crippen LogP) is 2.45. The van der Waals surface area contributed by atoms with Crippen molar-refractivity contribution in [3.05, 3.63) is 53.6 Å². The van der Waals surface area contributed by atoms with Crippen molar-refractivity contribution in [3.8, 4) is 5.75 Å². The van der Waals surface area contributed by atoms with E-state index in [9.17, 15) is 14.7 Å². The molecule has 4 rings (SSSR count). The monoisotopic (exact) mass is 436 g/mol. The van der Waals surface area contributed by atoms with Gasteiger partial charge in [-0.25, -0.2) is 9.79 Å². The third-order valence-electron chi connectivity index (χ3n) is 5.70. The number of guanidine groups is 2. The summed E-state index contributed by atoms with van der Waals surface area (Å²) >= 11 is 0. The van der Waals surface area contributed by atoms with Gasteiger partial charge in [-0.1, -0.05) is 12.5 Å². The van der Waals surface area contributed by atoms with Crippen molar-refractivity contribution >= 4 is 35.2 Å². The minimum atomic E-state index is -1.29. The molecule has 7 N–H and O–H groups in total. The molecule has 1 aliphatic heterocycles. The van der Waals surface area contributed by atoms with Crippen LogP contribution in [-0.2, 0) is 0 Å². The fourth-order valence-electron chi connectivity index (χ4n) is 4.27. The van der Waals surface area contributed by atoms with Crippen LogP contribution in [0.3, 0.4) is 0 Å². The highest BCUT2D eigenvalue weighted by Crippen LogP contribution is 2.39. The van der Waals surface area contributed by atoms with Crippen LogP contribution in [-0.4, -0.2) is 39.7 Å². The van der Waals surface area contributed by atoms with E-state index in [-0.39, 0.29) is 28.9 Å². The number of hydrogen-bond donors (Lipinski definition) is 5. The molecule has 32 heavy (non-hydrogen) atoms. The number of anilines is 2. The first-order valence-corrected chi connectivity index (χ1v) is 10.3. The van der Waals surface area contributed by atoms with E-state index in [1.165, 1.54) is 18.2 Å². The summed E-state index contributed by atoms with van der Waals surface area (Å²) in [4.78, 5) is 34.7. The van der Waals surface area contributed by atoms with E-state index in [1.54, 1.807) is 18.2 Å². The highest BCUT2D eigenvalue weighted by atomic mass is 16.4. The molecule has 2 aliphatic rings. The van der Waals surface area contributed by atoms with Gasteiger partial charge in [0, 0.05) is 16.9 Å². The average molecular weight is 436 g/mol. The summed E-state index contributed by atoms with van der Waals surface area (Å²) < 4.78 is 0. The van der Waals surface area contributed by atoms with E-state index >= 15 is 0 Å². The third-order valence-corrected chi connectivity index (χ3v) is 5.70. The van der Waals surface area contributed by atoms with Crippen molar-refractivity contribution in [2.24, 2.45) is 21.5 Å². The minimum Gasteiger partial charge on any atom is -0.507 e. The van der Waals surface area contributed by atoms with E-state index in [1.807, 2.05) is 11.0 Å². The third kappa shape index (κ3) is 3.94. The Morgan fingerprint density at radius 1 is 1.06 bits per heavy atom. The first-order chi connectivity index (χ1) is 15.3. The molecule has 1 fully saturated rings. The van der Waals surface area contributed by atoms with Crippen molar-refractivity contribution in [3.63, 3.8) is 0 Å². The zero-order valence-electron chi connectivity index (χ0n) is 17.3. The van der Waals surface area contributed by atoms with Crippen molar-refractivity contribution in [2.45, 2.75) is 37.8 Å². The number of benzene rings is 2. The number of hydrogen-bond acceptors (Lipinski definition) is 8. The zero-order chi connectivity index (χ0) is 22.9. The van der Waals surface area contributed by atoms with Crippen LogP contribution in [0.25, 0.3) is 0 Å². The topological polar surface area (TPSA) is 167 Å². The van der Waals surface area contributed by atoms with Crippen molar-refractivity contribution in [1.29, 1.82) is 0 Å². The van der Waals surface area contributed by atoms with E-state index in [0.717, 1.165) is 32.1 Å². The Hall–Kier alpha value is -4.08. The van der Waals surface area contributed by atoms with Gasteiger partial charge in [0.05, 0.1) is 0 Å². The van der Waals surface area contributed by atoms with Crippen molar-refractivity contribution in [1.82, 2.24) is 0 Å². The largest absolute Gasteiger partial charge is 0.507 e. The Labute approximate surface area is 184 Å². The Kier molecular flexibility index (Phi) is 5.43. The molecule has 2 aromatic rings. The molecule has 0 unspecified atom stereocenters. The van der Waals surface area contributed by atoms with Gasteiger partial charge in [0.25, 0.3) is 5.91 Å². The summed E-state index contributed by atoms with van der Waals surface area (Å²) in [6.45, 7) is 0. The fraction of sp³-hybridized carbons (Fsp3) is 0.273. The van der Waals surface area contributed by atoms with E-state index in [2.05, 4.69) is 15.3 Å². The number of aliphatic imine (C=N–C) groups is 2. The number of nitrogens with one attached hydrogen (secondary N) is 1. The molecule has 1 heterocycles. The lowest BCUT2D eigenvalue weighted by Gasteiger charge is -2.45. The van der Waals surface area contributed by atoms with E-state index < -0.39 is 17.5 Å². The number of carbonyl (C=O) groups is 2. The predicted molar refractivity (Wildman–Crippen MR) is 121 cm³/mol. The average Bonchev–Trinajstić information content (AvgIpc) is 2.75. The second-order valence-corrected chi connectivity index (χ2v) is 7.86. The maximum Gasteiger partial charge on any atom is 0.339 e. The number of nitrogens with two attached hydrogens (primary N) is 2. The summed E-state index contributed by atoms with van der Waals surface area (Å²) in [5, 5.41) is 21.5. The Balaban J connectivity index is 1.63. The summed E-state index contributed by atoms with van der Waals surface area (Å²) in [5.74, 6) is -1.74. The number of amides is 1. The number of carboxylic acid groups (broad SMARTS) is 1. The maximum atomic E-state index is 12.9. The van der Waals surface area contributed by atoms with Crippen LogP contribution in [0.15, 0.2) is 52.4 Å². The summed E-state index contributed by atoms with van der Waals surface area (Å²) in [7, 11) is 0. The van der Waals surface area contributed by atoms with Crippen LogP contribution in [0, 0.1) is 0 Å². The van der Waals surface area contributed by atoms with Gasteiger partial charge in [-0.2, -0.15) is 4.99 Å². The normalized spacial score (nSPS) is 17.4. The van der Waals surface area contributed by atoms with Gasteiger partial charge >= 0.3 is 5.97 Å². The fourth-order valence-corrected chi connectivity index (χ4v) is 4.27. The van der Waals surface area contributed by atoms with Gasteiger partial charge < -0.3 is 27.0 Å². The second-order valence-electron chi connectivity index (χ2n) is 7.86. The molecule has 0 aromatic heterocycles. The molecule has 0 saturated heterocycles. The first kappa shape index (κ1) is 21.2. The molecular formula is C22H24N6O4. The van der Waals surface area contributed by atoms with Crippen LogP contribution in [0.2, 0.25) is 0 Å². The molecule has 1 aliphatic carbocycles. The van der Waals surface area contributed by atoms with E-state index in [4.69, 9.17) is 16.6 Å². The lowest BCUT2D eigenvalue weighted by atomic mass is 9.87. The summed E-state index contributed by atoms with van der Waals surface area (Å²) in [6.07, 6.45) is 4.61. The molecule has 166 valence electrons. The number of aromatic carboxylic acids is 1. The molecular weight excluding hydrogens is 412 g/mol. The number of carboxylic acids is 1. The zero-order valence-corrected chi connectivity index (χ0v) is 17.3. The standard InChI is InChI=1S/C22H24N6O4/c23-20-26-21(24)28(22(27-20)9-2-1-3-10-22)15-6-4-5-13(11-15)18(30)25-14-7-8-17(29)16(12-14)19(31)32/h4-8,11-12,29H,1-3,9-10H2,(H,25,30)(H,31,32)(H4,23,24,26,27). The molecule has 0 bridgehead atoms. The highest BCUT2D eigenvalue weighted by molar-refractivity contribution is 6.08. The smallest absolute Gasteiger partial charge is 0.339 e. The Bertz CT molecular complexity index is 1140. The SMILES string of the molecule is NC1=NC2(CCCCC2)N(c2cccc(C(=O)Nc3ccc(O)c(C(=O)O)c3)c2)C(N)=N1. The molecule has 10 heteroatoms. The molecule has 1 spiro atoms. The summed E-state index contributed by atoms with van der Waals surface area (Å²) in [5.41, 5.74) is 12.5. The maximum absolute atomic E-state index is 12.9. The van der Waals surface area contributed by atoms with Crippen LogP contribution >= 0.6 is 0 Å². The number of nitrogens with zero attached hydrogens (tertiary/aromatic N) is 3. The van der Waals surface area contributed by atoms with Gasteiger partial charge in [0.15, 0.2) is 0 Å². The lowest BCUT2D eigenvalue weighted by molar-refractivity contribution is 0.0693. The van der Waals surface area contributed by atoms with E-state index in [0.29, 0.717) is 11.3 Å². The number of phenols is 1. The van der Waals surface area contributed by atoms with Crippen molar-refractivity contribution < 1.29 is 19.8 Å². The van der Waals surface area contributed by atoms with Crippen molar-refractivity contribution in [2.75, 3.05) is 10.2 Å². The summed E-state index contributed by atoms with van der Waals surface area (Å²) in [6, 6.07) is 10.7. The molecule has 0 atom stereocenters. The van der Waals surface area contributed by atoms with Gasteiger partial charge in [-0.3, -0.25) is 9.69 Å². The molecule has 1 saturated carbocycles. The van der Waals surface area contributed by atoms with Crippen LogP contribution in [0.5, 0.6) is 5.75 Å². The van der Waals surface area contributed by atoms with Crippen LogP contribution in [0.1, 0.15) is 52.8 Å². The lowest BCUT2D eigenvalue weighted by Crippen LogP contribution is -2.58. The number of carbonyl (C=O) groups excluding carboxylic acids is 1. The van der Waals surface area contributed by atoms with Gasteiger partial charge in [-0.15, -0.1) is 0 Å². The minimum absolute atomic E-state index is 0.149. The molecule has 1 amide bonds. The molecule has 0 radical (unpaired) electrons. The first-order valence-electron chi connectivity index (χ1n) is 10.3. The Morgan fingerprint density at radius 2 is 1.81 bits per heavy atom. The number of rotatable bonds is 4. The quantitative estimate of drug-likeness (QED) is 0.459. The molecule has 2 aromatic carbocycles. The second kappa shape index (κ2) is 8.22.